The van der Waals surface area contributed by atoms with Crippen LogP contribution in [0, 0.1) is 0 Å². The van der Waals surface area contributed by atoms with E-state index in [1.807, 2.05) is 30.1 Å². The van der Waals surface area contributed by atoms with E-state index in [1.54, 1.807) is 6.20 Å². The quantitative estimate of drug-likeness (QED) is 0.845. The van der Waals surface area contributed by atoms with Crippen LogP contribution in [0.5, 0.6) is 0 Å². The fourth-order valence-electron chi connectivity index (χ4n) is 1.81. The number of nitrogens with one attached hydrogen (secondary N) is 1. The van der Waals surface area contributed by atoms with Gasteiger partial charge in [0.2, 0.25) is 0 Å². The number of hydrogen-bond acceptors (Lipinski definition) is 3. The second-order valence-corrected chi connectivity index (χ2v) is 4.10. The van der Waals surface area contributed by atoms with E-state index in [0.29, 0.717) is 0 Å². The van der Waals surface area contributed by atoms with Crippen LogP contribution in [-0.4, -0.2) is 21.3 Å². The Morgan fingerprint density at radius 1 is 1.39 bits per heavy atom. The normalized spacial score (nSPS) is 10.1. The van der Waals surface area contributed by atoms with Crippen LogP contribution >= 0.6 is 12.4 Å². The zero-order valence-electron chi connectivity index (χ0n) is 10.8. The van der Waals surface area contributed by atoms with E-state index in [1.165, 1.54) is 5.56 Å². The van der Waals surface area contributed by atoms with Crippen LogP contribution in [0.3, 0.4) is 0 Å². The summed E-state index contributed by atoms with van der Waals surface area (Å²) < 4.78 is 1.85. The Labute approximate surface area is 114 Å². The van der Waals surface area contributed by atoms with E-state index in [2.05, 4.69) is 28.5 Å². The minimum atomic E-state index is 0. The third-order valence-corrected chi connectivity index (χ3v) is 2.58. The van der Waals surface area contributed by atoms with Crippen LogP contribution in [0.4, 0.5) is 0 Å². The highest BCUT2D eigenvalue weighted by Crippen LogP contribution is 2.20. The van der Waals surface area contributed by atoms with E-state index in [4.69, 9.17) is 0 Å². The van der Waals surface area contributed by atoms with E-state index >= 15 is 0 Å². The second-order valence-electron chi connectivity index (χ2n) is 4.10. The van der Waals surface area contributed by atoms with Crippen molar-refractivity contribution in [3.8, 4) is 11.3 Å². The van der Waals surface area contributed by atoms with Gasteiger partial charge in [0, 0.05) is 43.3 Å². The van der Waals surface area contributed by atoms with Gasteiger partial charge >= 0.3 is 0 Å². The van der Waals surface area contributed by atoms with Crippen molar-refractivity contribution < 1.29 is 0 Å². The van der Waals surface area contributed by atoms with Gasteiger partial charge in [-0.2, -0.15) is 5.10 Å². The molecule has 4 nitrogen and oxygen atoms in total. The number of aromatic nitrogens is 3. The standard InChI is InChI=1S/C13H18N4.ClH/c1-3-6-14-9-12-10-17(2)16-13(12)11-5-4-7-15-8-11;/h4-5,7-8,10,14H,3,6,9H2,1-2H3;1H. The number of hydrogen-bond donors (Lipinski definition) is 1. The van der Waals surface area contributed by atoms with Crippen LogP contribution in [-0.2, 0) is 13.6 Å². The molecule has 0 saturated carbocycles. The summed E-state index contributed by atoms with van der Waals surface area (Å²) in [7, 11) is 1.95. The minimum Gasteiger partial charge on any atom is -0.313 e. The zero-order valence-corrected chi connectivity index (χ0v) is 11.6. The maximum Gasteiger partial charge on any atom is 0.0983 e. The summed E-state index contributed by atoms with van der Waals surface area (Å²) in [4.78, 5) is 4.14. The minimum absolute atomic E-state index is 0. The fraction of sp³-hybridized carbons (Fsp3) is 0.385. The van der Waals surface area contributed by atoms with E-state index in [-0.39, 0.29) is 12.4 Å². The maximum absolute atomic E-state index is 4.50. The third-order valence-electron chi connectivity index (χ3n) is 2.58. The fourth-order valence-corrected chi connectivity index (χ4v) is 1.81. The first kappa shape index (κ1) is 14.7. The molecule has 0 saturated heterocycles. The summed E-state index contributed by atoms with van der Waals surface area (Å²) in [5.41, 5.74) is 3.31. The highest BCUT2D eigenvalue weighted by Gasteiger charge is 2.09. The molecular formula is C13H19ClN4. The molecule has 0 spiro atoms. The highest BCUT2D eigenvalue weighted by molar-refractivity contribution is 5.85. The van der Waals surface area contributed by atoms with E-state index in [0.717, 1.165) is 30.8 Å². The van der Waals surface area contributed by atoms with Gasteiger partial charge < -0.3 is 5.32 Å². The molecule has 0 atom stereocenters. The molecule has 0 bridgehead atoms. The molecule has 98 valence electrons. The Morgan fingerprint density at radius 2 is 2.22 bits per heavy atom. The zero-order chi connectivity index (χ0) is 12.1. The third kappa shape index (κ3) is 3.55. The Hall–Kier alpha value is -1.39. The van der Waals surface area contributed by atoms with E-state index < -0.39 is 0 Å². The lowest BCUT2D eigenvalue weighted by Gasteiger charge is -2.03. The van der Waals surface area contributed by atoms with Crippen LogP contribution in [0.15, 0.2) is 30.7 Å². The first-order chi connectivity index (χ1) is 8.31. The van der Waals surface area contributed by atoms with Crippen molar-refractivity contribution in [2.24, 2.45) is 7.05 Å². The van der Waals surface area contributed by atoms with Crippen LogP contribution in [0.1, 0.15) is 18.9 Å². The summed E-state index contributed by atoms with van der Waals surface area (Å²) in [6, 6.07) is 3.98. The average molecular weight is 267 g/mol. The molecule has 0 aliphatic rings. The molecule has 0 amide bonds. The van der Waals surface area contributed by atoms with Crippen LogP contribution < -0.4 is 5.32 Å². The summed E-state index contributed by atoms with van der Waals surface area (Å²) in [5.74, 6) is 0. The molecule has 2 heterocycles. The highest BCUT2D eigenvalue weighted by atomic mass is 35.5. The number of halogens is 1. The van der Waals surface area contributed by atoms with Gasteiger partial charge in [-0.15, -0.1) is 12.4 Å². The maximum atomic E-state index is 4.50. The predicted molar refractivity (Wildman–Crippen MR) is 75.7 cm³/mol. The predicted octanol–water partition coefficient (Wildman–Crippen LogP) is 2.40. The first-order valence-corrected chi connectivity index (χ1v) is 5.95. The summed E-state index contributed by atoms with van der Waals surface area (Å²) in [6.45, 7) is 4.05. The SMILES string of the molecule is CCCNCc1cn(C)nc1-c1cccnc1.Cl. The van der Waals surface area contributed by atoms with Crippen molar-refractivity contribution in [3.63, 3.8) is 0 Å². The lowest BCUT2D eigenvalue weighted by atomic mass is 10.1. The number of pyridine rings is 1. The Bertz CT molecular complexity index is 467. The van der Waals surface area contributed by atoms with Crippen LogP contribution in [0.25, 0.3) is 11.3 Å². The number of rotatable bonds is 5. The molecule has 0 unspecified atom stereocenters. The van der Waals surface area contributed by atoms with Gasteiger partial charge in [-0.1, -0.05) is 6.92 Å². The second kappa shape index (κ2) is 7.13. The van der Waals surface area contributed by atoms with Gasteiger partial charge in [-0.3, -0.25) is 9.67 Å². The first-order valence-electron chi connectivity index (χ1n) is 5.95. The molecule has 0 fully saturated rings. The molecule has 2 rings (SSSR count). The van der Waals surface area contributed by atoms with Crippen molar-refractivity contribution in [3.05, 3.63) is 36.3 Å². The number of aryl methyl sites for hydroxylation is 1. The summed E-state index contributed by atoms with van der Waals surface area (Å²) in [6.07, 6.45) is 6.83. The number of nitrogens with zero attached hydrogens (tertiary/aromatic N) is 3. The van der Waals surface area contributed by atoms with Crippen molar-refractivity contribution in [2.45, 2.75) is 19.9 Å². The van der Waals surface area contributed by atoms with Crippen molar-refractivity contribution in [2.75, 3.05) is 6.54 Å². The van der Waals surface area contributed by atoms with Crippen molar-refractivity contribution in [1.29, 1.82) is 0 Å². The van der Waals surface area contributed by atoms with Gasteiger partial charge in [-0.05, 0) is 25.1 Å². The van der Waals surface area contributed by atoms with Gasteiger partial charge in [0.1, 0.15) is 0 Å². The Balaban J connectivity index is 0.00000162. The molecule has 5 heteroatoms. The Kier molecular flexibility index (Phi) is 5.82. The smallest absolute Gasteiger partial charge is 0.0983 e. The lowest BCUT2D eigenvalue weighted by molar-refractivity contribution is 0.675. The van der Waals surface area contributed by atoms with Gasteiger partial charge in [-0.25, -0.2) is 0 Å². The molecule has 2 aromatic rings. The van der Waals surface area contributed by atoms with Gasteiger partial charge in [0.05, 0.1) is 5.69 Å². The molecule has 1 N–H and O–H groups in total. The molecule has 18 heavy (non-hydrogen) atoms. The average Bonchev–Trinajstić information content (AvgIpc) is 2.72. The lowest BCUT2D eigenvalue weighted by Crippen LogP contribution is -2.13. The molecule has 0 radical (unpaired) electrons. The molecule has 0 aliphatic carbocycles. The molecular weight excluding hydrogens is 248 g/mol. The van der Waals surface area contributed by atoms with Crippen LogP contribution in [0.2, 0.25) is 0 Å². The molecule has 2 aromatic heterocycles. The Morgan fingerprint density at radius 3 is 2.89 bits per heavy atom. The molecule has 0 aliphatic heterocycles. The van der Waals surface area contributed by atoms with Gasteiger partial charge in [0.15, 0.2) is 0 Å². The topological polar surface area (TPSA) is 42.7 Å². The monoisotopic (exact) mass is 266 g/mol. The van der Waals surface area contributed by atoms with Crippen molar-refractivity contribution >= 4 is 12.4 Å². The van der Waals surface area contributed by atoms with Crippen molar-refractivity contribution in [1.82, 2.24) is 20.1 Å². The van der Waals surface area contributed by atoms with Gasteiger partial charge in [0.25, 0.3) is 0 Å². The summed E-state index contributed by atoms with van der Waals surface area (Å²) in [5, 5.41) is 7.90. The molecule has 0 aromatic carbocycles. The van der Waals surface area contributed by atoms with E-state index in [9.17, 15) is 0 Å². The summed E-state index contributed by atoms with van der Waals surface area (Å²) >= 11 is 0. The largest absolute Gasteiger partial charge is 0.313 e.